The van der Waals surface area contributed by atoms with E-state index in [4.69, 9.17) is 17.3 Å². The van der Waals surface area contributed by atoms with Crippen LogP contribution >= 0.6 is 11.6 Å². The fourth-order valence-electron chi connectivity index (χ4n) is 1.46. The van der Waals surface area contributed by atoms with Crippen LogP contribution in [-0.2, 0) is 6.18 Å². The number of aromatic nitrogens is 1. The smallest absolute Gasteiger partial charge is 0.416 e. The van der Waals surface area contributed by atoms with Gasteiger partial charge in [-0.2, -0.15) is 13.2 Å². The second kappa shape index (κ2) is 4.09. The molecule has 0 aliphatic heterocycles. The second-order valence-corrected chi connectivity index (χ2v) is 3.86. The van der Waals surface area contributed by atoms with Crippen molar-refractivity contribution < 1.29 is 22.8 Å². The first-order valence-corrected chi connectivity index (χ1v) is 4.98. The van der Waals surface area contributed by atoms with Crippen molar-refractivity contribution >= 4 is 17.5 Å². The molecule has 0 aliphatic rings. The van der Waals surface area contributed by atoms with Gasteiger partial charge >= 0.3 is 6.18 Å². The summed E-state index contributed by atoms with van der Waals surface area (Å²) in [7, 11) is 0. The summed E-state index contributed by atoms with van der Waals surface area (Å²) in [6.07, 6.45) is -3.44. The maximum atomic E-state index is 12.5. The molecular formula is C10H6ClF3N2O2. The van der Waals surface area contributed by atoms with Gasteiger partial charge in [-0.3, -0.25) is 0 Å². The summed E-state index contributed by atoms with van der Waals surface area (Å²) >= 11 is 5.72. The molecule has 0 spiro atoms. The molecule has 2 aromatic rings. The predicted octanol–water partition coefficient (Wildman–Crippen LogP) is 3.30. The minimum Gasteiger partial charge on any atom is -0.507 e. The summed E-state index contributed by atoms with van der Waals surface area (Å²) in [5.74, 6) is -0.795. The molecule has 0 aliphatic carbocycles. The summed E-state index contributed by atoms with van der Waals surface area (Å²) in [5.41, 5.74) is 4.44. The average Bonchev–Trinajstić information content (AvgIpc) is 2.62. The van der Waals surface area contributed by atoms with Gasteiger partial charge in [0.25, 0.3) is 0 Å². The van der Waals surface area contributed by atoms with E-state index in [-0.39, 0.29) is 22.0 Å². The van der Waals surface area contributed by atoms with Crippen LogP contribution < -0.4 is 5.73 Å². The van der Waals surface area contributed by atoms with Gasteiger partial charge in [-0.1, -0.05) is 16.8 Å². The van der Waals surface area contributed by atoms with E-state index in [1.165, 1.54) is 0 Å². The van der Waals surface area contributed by atoms with Crippen molar-refractivity contribution in [3.63, 3.8) is 0 Å². The quantitative estimate of drug-likeness (QED) is 0.839. The van der Waals surface area contributed by atoms with Crippen molar-refractivity contribution in [2.45, 2.75) is 6.18 Å². The van der Waals surface area contributed by atoms with E-state index in [9.17, 15) is 18.3 Å². The molecule has 0 bridgehead atoms. The second-order valence-electron chi connectivity index (χ2n) is 3.45. The van der Waals surface area contributed by atoms with Gasteiger partial charge in [0.05, 0.1) is 22.3 Å². The highest BCUT2D eigenvalue weighted by atomic mass is 35.5. The van der Waals surface area contributed by atoms with Crippen LogP contribution in [-0.4, -0.2) is 10.3 Å². The number of nitrogens with two attached hydrogens (primary N) is 1. The van der Waals surface area contributed by atoms with Gasteiger partial charge in [-0.05, 0) is 12.1 Å². The number of aromatic hydroxyl groups is 1. The summed E-state index contributed by atoms with van der Waals surface area (Å²) in [5, 5.41) is 12.7. The molecule has 0 atom stereocenters. The fourth-order valence-corrected chi connectivity index (χ4v) is 1.78. The third-order valence-corrected chi connectivity index (χ3v) is 2.56. The van der Waals surface area contributed by atoms with Crippen molar-refractivity contribution in [3.8, 4) is 16.9 Å². The molecule has 0 fully saturated rings. The molecule has 0 saturated heterocycles. The number of anilines is 1. The van der Waals surface area contributed by atoms with Gasteiger partial charge in [0.15, 0.2) is 0 Å². The zero-order valence-corrected chi connectivity index (χ0v) is 9.38. The third kappa shape index (κ3) is 2.08. The first kappa shape index (κ1) is 12.6. The van der Waals surface area contributed by atoms with E-state index in [2.05, 4.69) is 9.68 Å². The Kier molecular flexibility index (Phi) is 2.86. The molecule has 0 saturated carbocycles. The Hall–Kier alpha value is -1.89. The fraction of sp³-hybridized carbons (Fsp3) is 0.100. The van der Waals surface area contributed by atoms with Gasteiger partial charge in [0.1, 0.15) is 5.75 Å². The van der Waals surface area contributed by atoms with Crippen LogP contribution in [0.3, 0.4) is 0 Å². The third-order valence-electron chi connectivity index (χ3n) is 2.26. The Morgan fingerprint density at radius 1 is 1.33 bits per heavy atom. The van der Waals surface area contributed by atoms with Crippen molar-refractivity contribution in [2.75, 3.05) is 5.73 Å². The van der Waals surface area contributed by atoms with Gasteiger partial charge in [-0.25, -0.2) is 0 Å². The van der Waals surface area contributed by atoms with E-state index in [0.29, 0.717) is 12.1 Å². The highest BCUT2D eigenvalue weighted by molar-refractivity contribution is 6.34. The van der Waals surface area contributed by atoms with Crippen LogP contribution in [0.15, 0.2) is 22.9 Å². The molecule has 1 aromatic carbocycles. The zero-order valence-electron chi connectivity index (χ0n) is 8.62. The number of halogens is 4. The first-order chi connectivity index (χ1) is 8.30. The Morgan fingerprint density at radius 3 is 2.44 bits per heavy atom. The molecule has 18 heavy (non-hydrogen) atoms. The number of phenolic OH excluding ortho intramolecular Hbond substituents is 1. The molecule has 2 rings (SSSR count). The highest BCUT2D eigenvalue weighted by Gasteiger charge is 2.32. The van der Waals surface area contributed by atoms with Crippen molar-refractivity contribution in [3.05, 3.63) is 28.9 Å². The summed E-state index contributed by atoms with van der Waals surface area (Å²) in [4.78, 5) is 0. The van der Waals surface area contributed by atoms with E-state index >= 15 is 0 Å². The lowest BCUT2D eigenvalue weighted by atomic mass is 10.0. The number of benzene rings is 1. The molecule has 1 heterocycles. The topological polar surface area (TPSA) is 72.3 Å². The minimum atomic E-state index is -4.60. The van der Waals surface area contributed by atoms with Crippen LogP contribution in [0, 0.1) is 0 Å². The monoisotopic (exact) mass is 278 g/mol. The Labute approximate surface area is 104 Å². The average molecular weight is 279 g/mol. The number of hydrogen-bond donors (Lipinski definition) is 2. The Morgan fingerprint density at radius 2 is 2.00 bits per heavy atom. The molecule has 1 aromatic heterocycles. The highest BCUT2D eigenvalue weighted by Crippen LogP contribution is 2.42. The molecule has 3 N–H and O–H groups in total. The van der Waals surface area contributed by atoms with Crippen molar-refractivity contribution in [2.24, 2.45) is 0 Å². The number of alkyl halides is 3. The van der Waals surface area contributed by atoms with E-state index in [1.807, 2.05) is 0 Å². The molecule has 96 valence electrons. The lowest BCUT2D eigenvalue weighted by Crippen LogP contribution is -2.05. The summed E-state index contributed by atoms with van der Waals surface area (Å²) < 4.78 is 42.0. The number of phenols is 1. The Balaban J connectivity index is 2.62. The van der Waals surface area contributed by atoms with Gasteiger partial charge in [-0.15, -0.1) is 0 Å². The van der Waals surface area contributed by atoms with E-state index < -0.39 is 17.5 Å². The lowest BCUT2D eigenvalue weighted by molar-refractivity contribution is -0.137. The number of hydrogen-bond acceptors (Lipinski definition) is 4. The van der Waals surface area contributed by atoms with Gasteiger partial charge < -0.3 is 15.4 Å². The largest absolute Gasteiger partial charge is 0.507 e. The molecule has 4 nitrogen and oxygen atoms in total. The van der Waals surface area contributed by atoms with Crippen molar-refractivity contribution in [1.82, 2.24) is 5.16 Å². The van der Waals surface area contributed by atoms with Crippen LogP contribution in [0.4, 0.5) is 19.1 Å². The Bertz CT molecular complexity index is 572. The summed E-state index contributed by atoms with van der Waals surface area (Å²) in [6, 6.07) is 1.26. The van der Waals surface area contributed by atoms with Crippen LogP contribution in [0.2, 0.25) is 5.02 Å². The molecule has 0 radical (unpaired) electrons. The molecule has 0 amide bonds. The van der Waals surface area contributed by atoms with Crippen LogP contribution in [0.5, 0.6) is 5.75 Å². The molecular weight excluding hydrogens is 273 g/mol. The summed E-state index contributed by atoms with van der Waals surface area (Å²) in [6.45, 7) is 0. The number of nitrogens with zero attached hydrogens (tertiary/aromatic N) is 1. The molecule has 0 unspecified atom stereocenters. The van der Waals surface area contributed by atoms with Crippen LogP contribution in [0.1, 0.15) is 5.56 Å². The minimum absolute atomic E-state index is 0.0524. The zero-order chi connectivity index (χ0) is 13.5. The van der Waals surface area contributed by atoms with Gasteiger partial charge in [0, 0.05) is 5.56 Å². The lowest BCUT2D eigenvalue weighted by Gasteiger charge is -2.11. The number of rotatable bonds is 1. The van der Waals surface area contributed by atoms with Crippen molar-refractivity contribution in [1.29, 1.82) is 0 Å². The van der Waals surface area contributed by atoms with E-state index in [1.54, 1.807) is 0 Å². The predicted molar refractivity (Wildman–Crippen MR) is 58.0 cm³/mol. The molecule has 8 heteroatoms. The van der Waals surface area contributed by atoms with E-state index in [0.717, 1.165) is 6.20 Å². The van der Waals surface area contributed by atoms with Gasteiger partial charge in [0.2, 0.25) is 5.88 Å². The maximum Gasteiger partial charge on any atom is 0.416 e. The normalized spacial score (nSPS) is 11.8. The van der Waals surface area contributed by atoms with Crippen LogP contribution in [0.25, 0.3) is 11.1 Å². The SMILES string of the molecule is Nc1oncc1-c1c(O)cc(C(F)(F)F)cc1Cl. The standard InChI is InChI=1S/C10H6ClF3N2O2/c11-6-1-4(10(12,13)14)2-7(17)8(6)5-3-16-18-9(5)15/h1-3,17H,15H2. The first-order valence-electron chi connectivity index (χ1n) is 4.61. The number of nitrogen functional groups attached to an aromatic ring is 1. The maximum absolute atomic E-state index is 12.5.